The first-order chi connectivity index (χ1) is 24.1. The summed E-state index contributed by atoms with van der Waals surface area (Å²) in [5.74, 6) is -1.08. The zero-order chi connectivity index (χ0) is 33.6. The third-order valence-corrected chi connectivity index (χ3v) is 9.62. The van der Waals surface area contributed by atoms with Gasteiger partial charge < -0.3 is 15.3 Å². The highest BCUT2D eigenvalue weighted by Crippen LogP contribution is 2.38. The minimum absolute atomic E-state index is 0.0699. The van der Waals surface area contributed by atoms with Crippen LogP contribution in [0, 0.1) is 0 Å². The second-order valence-electron chi connectivity index (χ2n) is 12.7. The van der Waals surface area contributed by atoms with Crippen LogP contribution in [0.5, 0.6) is 0 Å². The molecule has 2 N–H and O–H groups in total. The van der Waals surface area contributed by atoms with Crippen molar-refractivity contribution in [1.82, 2.24) is 4.90 Å². The van der Waals surface area contributed by atoms with E-state index in [1.807, 2.05) is 121 Å². The quantitative estimate of drug-likeness (QED) is 0.154. The summed E-state index contributed by atoms with van der Waals surface area (Å²) in [6.45, 7) is 2.23. The second kappa shape index (κ2) is 14.7. The maximum absolute atomic E-state index is 13.9. The Morgan fingerprint density at radius 2 is 1.43 bits per heavy atom. The molecular weight excluding hydrogens is 608 g/mol. The number of nitrogens with zero attached hydrogens (tertiary/aromatic N) is 3. The zero-order valence-electron chi connectivity index (χ0n) is 27.4. The molecule has 5 aromatic carbocycles. The van der Waals surface area contributed by atoms with Crippen LogP contribution in [0.25, 0.3) is 0 Å². The van der Waals surface area contributed by atoms with E-state index in [1.165, 1.54) is 5.56 Å². The Kier molecular flexibility index (Phi) is 9.62. The Labute approximate surface area is 287 Å². The minimum Gasteiger partial charge on any atom is -0.480 e. The predicted octanol–water partition coefficient (Wildman–Crippen LogP) is 7.38. The summed E-state index contributed by atoms with van der Waals surface area (Å²) >= 11 is 0. The van der Waals surface area contributed by atoms with E-state index in [0.29, 0.717) is 30.1 Å². The molecule has 1 saturated heterocycles. The highest BCUT2D eigenvalue weighted by molar-refractivity contribution is 6.17. The lowest BCUT2D eigenvalue weighted by Crippen LogP contribution is -2.44. The topological polar surface area (TPSA) is 85.2 Å². The summed E-state index contributed by atoms with van der Waals surface area (Å²) in [4.78, 5) is 36.9. The number of likely N-dealkylation sites (tertiary alicyclic amines) is 1. The van der Waals surface area contributed by atoms with Gasteiger partial charge in [0.05, 0.1) is 23.5 Å². The first-order valence-corrected chi connectivity index (χ1v) is 17.0. The van der Waals surface area contributed by atoms with Crippen LogP contribution in [0.4, 0.5) is 11.4 Å². The monoisotopic (exact) mass is 648 g/mol. The third-order valence-electron chi connectivity index (χ3n) is 9.62. The lowest BCUT2D eigenvalue weighted by atomic mass is 9.87. The third kappa shape index (κ3) is 7.03. The van der Waals surface area contributed by atoms with Gasteiger partial charge in [-0.2, -0.15) is 0 Å². The van der Waals surface area contributed by atoms with Gasteiger partial charge in [-0.1, -0.05) is 121 Å². The molecule has 0 radical (unpaired) electrons. The normalized spacial score (nSPS) is 18.4. The molecule has 2 aliphatic rings. The van der Waals surface area contributed by atoms with Crippen molar-refractivity contribution < 1.29 is 14.7 Å². The van der Waals surface area contributed by atoms with Crippen molar-refractivity contribution in [2.24, 2.45) is 4.99 Å². The highest BCUT2D eigenvalue weighted by atomic mass is 16.4. The second-order valence-corrected chi connectivity index (χ2v) is 12.7. The molecule has 1 fully saturated rings. The number of hydrogen-bond donors (Lipinski definition) is 2. The van der Waals surface area contributed by atoms with Gasteiger partial charge in [0.25, 0.3) is 0 Å². The van der Waals surface area contributed by atoms with Crippen LogP contribution < -0.4 is 10.2 Å². The van der Waals surface area contributed by atoms with Crippen molar-refractivity contribution in [2.45, 2.75) is 43.9 Å². The average molecular weight is 649 g/mol. The molecule has 49 heavy (non-hydrogen) atoms. The van der Waals surface area contributed by atoms with Crippen molar-refractivity contribution in [3.05, 3.63) is 167 Å². The molecule has 1 amide bonds. The van der Waals surface area contributed by atoms with Gasteiger partial charge in [-0.05, 0) is 60.7 Å². The van der Waals surface area contributed by atoms with Crippen LogP contribution in [-0.2, 0) is 22.6 Å². The molecule has 7 heteroatoms. The predicted molar refractivity (Wildman–Crippen MR) is 195 cm³/mol. The summed E-state index contributed by atoms with van der Waals surface area (Å²) in [7, 11) is 0. The first kappa shape index (κ1) is 32.0. The Morgan fingerprint density at radius 3 is 2.18 bits per heavy atom. The van der Waals surface area contributed by atoms with E-state index in [9.17, 15) is 14.7 Å². The molecule has 5 aromatic rings. The summed E-state index contributed by atoms with van der Waals surface area (Å²) in [6, 6.07) is 43.6. The van der Waals surface area contributed by atoms with Crippen LogP contribution in [0.1, 0.15) is 46.7 Å². The number of amides is 1. The lowest BCUT2D eigenvalue weighted by molar-refractivity contribution is -0.139. The number of nitrogens with one attached hydrogen (secondary N) is 1. The van der Waals surface area contributed by atoms with E-state index in [-0.39, 0.29) is 11.9 Å². The molecule has 3 atom stereocenters. The molecule has 0 bridgehead atoms. The number of carboxylic acids is 1. The van der Waals surface area contributed by atoms with Crippen molar-refractivity contribution in [2.75, 3.05) is 23.3 Å². The van der Waals surface area contributed by atoms with Crippen LogP contribution in [0.15, 0.2) is 145 Å². The number of carbonyl (C=O) groups is 2. The molecule has 7 nitrogen and oxygen atoms in total. The van der Waals surface area contributed by atoms with Gasteiger partial charge in [-0.3, -0.25) is 14.7 Å². The molecule has 2 heterocycles. The summed E-state index contributed by atoms with van der Waals surface area (Å²) in [5.41, 5.74) is 6.80. The Hall–Kier alpha value is -5.53. The molecule has 2 aliphatic heterocycles. The van der Waals surface area contributed by atoms with Crippen molar-refractivity contribution >= 4 is 29.0 Å². The zero-order valence-corrected chi connectivity index (χ0v) is 27.4. The Morgan fingerprint density at radius 1 is 0.776 bits per heavy atom. The van der Waals surface area contributed by atoms with Gasteiger partial charge in [0.2, 0.25) is 5.91 Å². The number of aliphatic carboxylic acids is 1. The lowest BCUT2D eigenvalue weighted by Gasteiger charge is -2.41. The number of carbonyl (C=O) groups excluding carboxylic acids is 1. The largest absolute Gasteiger partial charge is 0.480 e. The van der Waals surface area contributed by atoms with Gasteiger partial charge in [-0.25, -0.2) is 4.79 Å². The standard InChI is InChI=1S/C42H40N4O3/c47-41(37-25-14-27-45(37)29-30-15-4-1-5-16-30)43-36-24-13-12-23-35(36)38(32-18-6-2-7-19-32)44-39(42(48)49)40-34-22-11-10-17-31(34)26-28-46(40)33-20-8-3-9-21-33/h1-13,15-24,37,39-40H,14,25-29H2,(H,43,47)(H,48,49)/t37-,39-,40+/m0/s1. The van der Waals surface area contributed by atoms with E-state index in [2.05, 4.69) is 33.3 Å². The Balaban J connectivity index is 1.28. The van der Waals surface area contributed by atoms with Gasteiger partial charge in [0.1, 0.15) is 0 Å². The maximum Gasteiger partial charge on any atom is 0.330 e. The number of anilines is 2. The number of carboxylic acid groups (broad SMARTS) is 1. The van der Waals surface area contributed by atoms with Crippen molar-refractivity contribution in [1.29, 1.82) is 0 Å². The molecule has 0 spiro atoms. The fourth-order valence-electron chi connectivity index (χ4n) is 7.29. The van der Waals surface area contributed by atoms with E-state index in [0.717, 1.165) is 48.2 Å². The van der Waals surface area contributed by atoms with E-state index in [1.54, 1.807) is 0 Å². The Bertz CT molecular complexity index is 1930. The van der Waals surface area contributed by atoms with Crippen molar-refractivity contribution in [3.63, 3.8) is 0 Å². The van der Waals surface area contributed by atoms with E-state index in [4.69, 9.17) is 4.99 Å². The number of rotatable bonds is 10. The number of benzene rings is 5. The van der Waals surface area contributed by atoms with Crippen LogP contribution in [0.2, 0.25) is 0 Å². The fourth-order valence-corrected chi connectivity index (χ4v) is 7.29. The van der Waals surface area contributed by atoms with Gasteiger partial charge in [-0.15, -0.1) is 0 Å². The van der Waals surface area contributed by atoms with Crippen LogP contribution >= 0.6 is 0 Å². The smallest absolute Gasteiger partial charge is 0.330 e. The number of para-hydroxylation sites is 2. The van der Waals surface area contributed by atoms with Gasteiger partial charge in [0.15, 0.2) is 6.04 Å². The SMILES string of the molecule is O=C(O)[C@@H](N=C(c1ccccc1)c1ccccc1NC(=O)[C@@H]1CCCN1Cc1ccccc1)[C@H]1c2ccccc2CCN1c1ccccc1. The minimum atomic E-state index is -1.14. The number of fused-ring (bicyclic) bond motifs is 1. The molecule has 246 valence electrons. The van der Waals surface area contributed by atoms with Crippen molar-refractivity contribution in [3.8, 4) is 0 Å². The fraction of sp³-hybridized carbons (Fsp3) is 0.214. The molecule has 0 aliphatic carbocycles. The molecule has 0 unspecified atom stereocenters. The summed E-state index contributed by atoms with van der Waals surface area (Å²) in [5, 5.41) is 14.2. The van der Waals surface area contributed by atoms with E-state index >= 15 is 0 Å². The first-order valence-electron chi connectivity index (χ1n) is 17.0. The molecule has 0 aromatic heterocycles. The highest BCUT2D eigenvalue weighted by Gasteiger charge is 2.39. The maximum atomic E-state index is 13.9. The van der Waals surface area contributed by atoms with Crippen LogP contribution in [0.3, 0.4) is 0 Å². The van der Waals surface area contributed by atoms with Gasteiger partial charge in [0, 0.05) is 29.9 Å². The molecule has 0 saturated carbocycles. The average Bonchev–Trinajstić information content (AvgIpc) is 3.61. The summed E-state index contributed by atoms with van der Waals surface area (Å²) in [6.07, 6.45) is 2.53. The van der Waals surface area contributed by atoms with E-state index < -0.39 is 18.1 Å². The summed E-state index contributed by atoms with van der Waals surface area (Å²) < 4.78 is 0. The molecule has 7 rings (SSSR count). The van der Waals surface area contributed by atoms with Gasteiger partial charge >= 0.3 is 5.97 Å². The number of aliphatic imine (C=N–C) groups is 1. The number of hydrogen-bond acceptors (Lipinski definition) is 5. The molecular formula is C42H40N4O3. The van der Waals surface area contributed by atoms with Crippen LogP contribution in [-0.4, -0.2) is 52.8 Å².